The number of hydrogen-bond acceptors (Lipinski definition) is 6. The molecule has 3 saturated heterocycles. The Morgan fingerprint density at radius 3 is 2.69 bits per heavy atom. The number of nitrogens with zero attached hydrogens (tertiary/aromatic N) is 3. The molecular formula is C19H20N4O2S. The number of hydrogen-bond donors (Lipinski definition) is 1. The normalized spacial score (nSPS) is 26.9. The summed E-state index contributed by atoms with van der Waals surface area (Å²) < 4.78 is 5.62. The smallest absolute Gasteiger partial charge is 0.279 e. The van der Waals surface area contributed by atoms with E-state index in [1.54, 1.807) is 29.6 Å². The molecular weight excluding hydrogens is 348 g/mol. The van der Waals surface area contributed by atoms with Crippen LogP contribution in [0.3, 0.4) is 0 Å². The lowest BCUT2D eigenvalue weighted by molar-refractivity contribution is 0.0217. The van der Waals surface area contributed by atoms with Crippen molar-refractivity contribution in [1.82, 2.24) is 15.2 Å². The zero-order valence-corrected chi connectivity index (χ0v) is 15.3. The molecule has 4 heterocycles. The molecule has 3 aliphatic heterocycles. The minimum atomic E-state index is -0.0387. The van der Waals surface area contributed by atoms with Crippen molar-refractivity contribution in [1.29, 1.82) is 5.26 Å². The third-order valence-electron chi connectivity index (χ3n) is 5.39. The van der Waals surface area contributed by atoms with E-state index in [2.05, 4.69) is 22.1 Å². The van der Waals surface area contributed by atoms with E-state index >= 15 is 0 Å². The number of amides is 1. The van der Waals surface area contributed by atoms with Crippen molar-refractivity contribution in [2.75, 3.05) is 13.1 Å². The molecule has 26 heavy (non-hydrogen) atoms. The van der Waals surface area contributed by atoms with Gasteiger partial charge in [-0.15, -0.1) is 0 Å². The largest absolute Gasteiger partial charge is 0.431 e. The van der Waals surface area contributed by atoms with E-state index in [1.165, 1.54) is 24.2 Å². The minimum absolute atomic E-state index is 0.0387. The van der Waals surface area contributed by atoms with Gasteiger partial charge in [0, 0.05) is 23.0 Å². The van der Waals surface area contributed by atoms with Crippen LogP contribution < -0.4 is 10.1 Å². The second-order valence-corrected chi connectivity index (χ2v) is 7.67. The van der Waals surface area contributed by atoms with Crippen LogP contribution in [-0.4, -0.2) is 41.0 Å². The Bertz CT molecular complexity index is 832. The lowest BCUT2D eigenvalue weighted by Gasteiger charge is -2.49. The zero-order valence-electron chi connectivity index (χ0n) is 14.5. The third kappa shape index (κ3) is 3.30. The Hall–Kier alpha value is -2.43. The molecule has 3 aliphatic rings. The fraction of sp³-hybridized carbons (Fsp3) is 0.421. The summed E-state index contributed by atoms with van der Waals surface area (Å²) in [5.41, 5.74) is 0.963. The first kappa shape index (κ1) is 17.0. The average molecular weight is 368 g/mol. The monoisotopic (exact) mass is 368 g/mol. The molecule has 2 unspecified atom stereocenters. The van der Waals surface area contributed by atoms with Crippen LogP contribution in [0.5, 0.6) is 10.9 Å². The van der Waals surface area contributed by atoms with E-state index in [0.717, 1.165) is 13.1 Å². The maximum absolute atomic E-state index is 12.6. The van der Waals surface area contributed by atoms with Crippen LogP contribution in [0.25, 0.3) is 0 Å². The lowest BCUT2D eigenvalue weighted by Crippen LogP contribution is -2.62. The Morgan fingerprint density at radius 2 is 2.08 bits per heavy atom. The Labute approximate surface area is 156 Å². The standard InChI is InChI=1S/C19H20N4O2S/c1-12-17(13-6-8-23(12)9-7-13)22-18(24)14-2-4-16(5-3-14)25-19-21-15(10-20)11-26-19/h2-5,11-13,17H,6-9H2,1H3,(H,22,24). The van der Waals surface area contributed by atoms with E-state index in [4.69, 9.17) is 10.00 Å². The van der Waals surface area contributed by atoms with Gasteiger partial charge >= 0.3 is 0 Å². The van der Waals surface area contributed by atoms with Crippen LogP contribution in [0, 0.1) is 17.2 Å². The summed E-state index contributed by atoms with van der Waals surface area (Å²) in [6.45, 7) is 4.50. The Kier molecular flexibility index (Phi) is 4.62. The minimum Gasteiger partial charge on any atom is -0.431 e. The summed E-state index contributed by atoms with van der Waals surface area (Å²) in [4.78, 5) is 19.1. The van der Waals surface area contributed by atoms with Crippen molar-refractivity contribution in [2.45, 2.75) is 31.8 Å². The topological polar surface area (TPSA) is 78.2 Å². The fourth-order valence-corrected chi connectivity index (χ4v) is 4.52. The highest BCUT2D eigenvalue weighted by molar-refractivity contribution is 7.11. The molecule has 1 amide bonds. The van der Waals surface area contributed by atoms with Crippen LogP contribution in [0.2, 0.25) is 0 Å². The highest BCUT2D eigenvalue weighted by atomic mass is 32.1. The van der Waals surface area contributed by atoms with Crippen molar-refractivity contribution in [2.24, 2.45) is 5.92 Å². The van der Waals surface area contributed by atoms with Crippen molar-refractivity contribution >= 4 is 17.2 Å². The number of nitrogens with one attached hydrogen (secondary N) is 1. The highest BCUT2D eigenvalue weighted by Crippen LogP contribution is 2.32. The molecule has 0 radical (unpaired) electrons. The summed E-state index contributed by atoms with van der Waals surface area (Å²) >= 11 is 1.27. The molecule has 0 aliphatic carbocycles. The van der Waals surface area contributed by atoms with Gasteiger partial charge in [0.05, 0.1) is 0 Å². The number of carbonyl (C=O) groups excluding carboxylic acids is 1. The van der Waals surface area contributed by atoms with Gasteiger partial charge in [-0.2, -0.15) is 10.2 Å². The lowest BCUT2D eigenvalue weighted by atomic mass is 9.79. The average Bonchev–Trinajstić information content (AvgIpc) is 3.13. The Morgan fingerprint density at radius 1 is 1.35 bits per heavy atom. The van der Waals surface area contributed by atoms with Crippen molar-refractivity contribution in [3.8, 4) is 17.0 Å². The molecule has 1 aromatic carbocycles. The van der Waals surface area contributed by atoms with E-state index in [-0.39, 0.29) is 11.9 Å². The zero-order chi connectivity index (χ0) is 18.1. The van der Waals surface area contributed by atoms with Gasteiger partial charge in [-0.3, -0.25) is 9.69 Å². The van der Waals surface area contributed by atoms with Crippen LogP contribution in [0.15, 0.2) is 29.6 Å². The molecule has 1 N–H and O–H groups in total. The van der Waals surface area contributed by atoms with Crippen LogP contribution in [-0.2, 0) is 0 Å². The number of benzene rings is 1. The Balaban J connectivity index is 1.40. The molecule has 7 heteroatoms. The van der Waals surface area contributed by atoms with Crippen molar-refractivity contribution in [3.05, 3.63) is 40.9 Å². The molecule has 6 nitrogen and oxygen atoms in total. The van der Waals surface area contributed by atoms with Gasteiger partial charge in [-0.1, -0.05) is 11.3 Å². The van der Waals surface area contributed by atoms with Gasteiger partial charge in [-0.05, 0) is 63.0 Å². The van der Waals surface area contributed by atoms with Crippen molar-refractivity contribution in [3.63, 3.8) is 0 Å². The van der Waals surface area contributed by atoms with E-state index in [0.29, 0.717) is 34.2 Å². The molecule has 0 saturated carbocycles. The number of piperidine rings is 3. The SMILES string of the molecule is CC1C(NC(=O)c2ccc(Oc3nc(C#N)cs3)cc2)C2CCN1CC2. The number of thiazole rings is 1. The maximum atomic E-state index is 12.6. The summed E-state index contributed by atoms with van der Waals surface area (Å²) in [5, 5.41) is 14.1. The summed E-state index contributed by atoms with van der Waals surface area (Å²) in [6, 6.07) is 9.62. The number of ether oxygens (including phenoxy) is 1. The van der Waals surface area contributed by atoms with Gasteiger partial charge in [0.2, 0.25) is 0 Å². The van der Waals surface area contributed by atoms with E-state index < -0.39 is 0 Å². The number of nitriles is 1. The highest BCUT2D eigenvalue weighted by Gasteiger charge is 2.40. The number of rotatable bonds is 4. The molecule has 2 atom stereocenters. The summed E-state index contributed by atoms with van der Waals surface area (Å²) in [5.74, 6) is 1.14. The molecule has 5 rings (SSSR count). The summed E-state index contributed by atoms with van der Waals surface area (Å²) in [6.07, 6.45) is 2.33. The molecule has 0 spiro atoms. The fourth-order valence-electron chi connectivity index (χ4n) is 3.91. The second-order valence-electron chi connectivity index (χ2n) is 6.85. The molecule has 134 valence electrons. The van der Waals surface area contributed by atoms with Crippen LogP contribution in [0.1, 0.15) is 35.8 Å². The third-order valence-corrected chi connectivity index (χ3v) is 6.11. The van der Waals surface area contributed by atoms with Gasteiger partial charge in [0.1, 0.15) is 11.8 Å². The van der Waals surface area contributed by atoms with Gasteiger partial charge in [0.15, 0.2) is 5.69 Å². The van der Waals surface area contributed by atoms with E-state index in [1.807, 2.05) is 6.07 Å². The number of aromatic nitrogens is 1. The second kappa shape index (κ2) is 7.06. The number of fused-ring (bicyclic) bond motifs is 3. The summed E-state index contributed by atoms with van der Waals surface area (Å²) in [7, 11) is 0. The quantitative estimate of drug-likeness (QED) is 0.897. The number of carbonyl (C=O) groups is 1. The van der Waals surface area contributed by atoms with Gasteiger partial charge in [0.25, 0.3) is 11.1 Å². The predicted molar refractivity (Wildman–Crippen MR) is 98.4 cm³/mol. The van der Waals surface area contributed by atoms with E-state index in [9.17, 15) is 4.79 Å². The molecule has 3 fully saturated rings. The van der Waals surface area contributed by atoms with Gasteiger partial charge < -0.3 is 10.1 Å². The van der Waals surface area contributed by atoms with Gasteiger partial charge in [-0.25, -0.2) is 0 Å². The predicted octanol–water partition coefficient (Wildman–Crippen LogP) is 3.02. The van der Waals surface area contributed by atoms with Crippen LogP contribution in [0.4, 0.5) is 0 Å². The first-order valence-electron chi connectivity index (χ1n) is 8.82. The van der Waals surface area contributed by atoms with Crippen molar-refractivity contribution < 1.29 is 9.53 Å². The molecule has 1 aromatic heterocycles. The van der Waals surface area contributed by atoms with Crippen LogP contribution >= 0.6 is 11.3 Å². The molecule has 2 aromatic rings. The molecule has 2 bridgehead atoms. The first-order valence-corrected chi connectivity index (χ1v) is 9.70. The first-order chi connectivity index (χ1) is 12.6. The maximum Gasteiger partial charge on any atom is 0.279 e.